The summed E-state index contributed by atoms with van der Waals surface area (Å²) in [7, 11) is 2.05. The van der Waals surface area contributed by atoms with Crippen LogP contribution in [-0.4, -0.2) is 21.6 Å². The molecule has 2 nitrogen and oxygen atoms in total. The second kappa shape index (κ2) is 5.61. The van der Waals surface area contributed by atoms with Gasteiger partial charge in [-0.05, 0) is 11.6 Å². The van der Waals surface area contributed by atoms with E-state index in [1.807, 2.05) is 11.8 Å². The van der Waals surface area contributed by atoms with Gasteiger partial charge in [-0.3, -0.25) is 0 Å². The first-order valence-corrected chi connectivity index (χ1v) is 6.41. The molecule has 0 unspecified atom stereocenters. The molecule has 0 spiro atoms. The van der Waals surface area contributed by atoms with Gasteiger partial charge in [-0.2, -0.15) is 11.8 Å². The Bertz CT molecular complexity index is 286. The quantitative estimate of drug-likeness (QED) is 0.777. The highest BCUT2D eigenvalue weighted by Gasteiger charge is 2.08. The van der Waals surface area contributed by atoms with Gasteiger partial charge < -0.3 is 9.88 Å². The van der Waals surface area contributed by atoms with Crippen molar-refractivity contribution < 1.29 is 0 Å². The van der Waals surface area contributed by atoms with Gasteiger partial charge in [0, 0.05) is 43.0 Å². The summed E-state index contributed by atoms with van der Waals surface area (Å²) in [5.74, 6) is 1.18. The molecule has 0 bridgehead atoms. The Morgan fingerprint density at radius 2 is 2.13 bits per heavy atom. The van der Waals surface area contributed by atoms with Crippen molar-refractivity contribution >= 4 is 11.8 Å². The van der Waals surface area contributed by atoms with Crippen molar-refractivity contribution in [2.45, 2.75) is 32.1 Å². The van der Waals surface area contributed by atoms with Gasteiger partial charge in [0.25, 0.3) is 0 Å². The molecule has 0 saturated heterocycles. The van der Waals surface area contributed by atoms with Crippen LogP contribution < -0.4 is 5.32 Å². The van der Waals surface area contributed by atoms with Gasteiger partial charge in [-0.25, -0.2) is 0 Å². The van der Waals surface area contributed by atoms with Crippen molar-refractivity contribution in [1.29, 1.82) is 0 Å². The van der Waals surface area contributed by atoms with Crippen LogP contribution in [0, 0.1) is 0 Å². The lowest BCUT2D eigenvalue weighted by atomic mass is 10.3. The smallest absolute Gasteiger partial charge is 0.0220 e. The van der Waals surface area contributed by atoms with E-state index in [4.69, 9.17) is 0 Å². The number of rotatable bonds is 5. The molecule has 0 aliphatic carbocycles. The minimum atomic E-state index is 0.383. The number of nitrogens with zero attached hydrogens (tertiary/aromatic N) is 1. The van der Waals surface area contributed by atoms with Crippen molar-refractivity contribution in [1.82, 2.24) is 9.88 Å². The van der Waals surface area contributed by atoms with Crippen LogP contribution in [0.1, 0.15) is 26.3 Å². The molecule has 0 aliphatic rings. The van der Waals surface area contributed by atoms with Crippen LogP contribution in [0.4, 0.5) is 0 Å². The van der Waals surface area contributed by atoms with Crippen LogP contribution in [0.5, 0.6) is 0 Å². The molecule has 1 rings (SSSR count). The highest BCUT2D eigenvalue weighted by atomic mass is 32.2. The Kier molecular flexibility index (Phi) is 4.74. The fourth-order valence-corrected chi connectivity index (χ4v) is 2.19. The van der Waals surface area contributed by atoms with Crippen LogP contribution in [0.2, 0.25) is 0 Å². The van der Waals surface area contributed by atoms with Crippen molar-refractivity contribution in [3.8, 4) is 0 Å². The topological polar surface area (TPSA) is 17.0 Å². The molecule has 0 amide bonds. The molecule has 86 valence electrons. The van der Waals surface area contributed by atoms with Crippen LogP contribution in [0.3, 0.4) is 0 Å². The number of aryl methyl sites for hydroxylation is 1. The lowest BCUT2D eigenvalue weighted by Gasteiger charge is -2.17. The maximum absolute atomic E-state index is 3.45. The summed E-state index contributed by atoms with van der Waals surface area (Å²) in [4.78, 5) is 0. The summed E-state index contributed by atoms with van der Waals surface area (Å²) in [5, 5.41) is 3.45. The maximum atomic E-state index is 3.45. The zero-order valence-corrected chi connectivity index (χ0v) is 11.0. The zero-order valence-electron chi connectivity index (χ0n) is 10.2. The summed E-state index contributed by atoms with van der Waals surface area (Å²) in [6, 6.07) is 2.16. The van der Waals surface area contributed by atoms with Crippen LogP contribution in [0.25, 0.3) is 0 Å². The molecular weight excluding hydrogens is 204 g/mol. The second-order valence-electron chi connectivity index (χ2n) is 4.82. The van der Waals surface area contributed by atoms with E-state index in [2.05, 4.69) is 56.2 Å². The Balaban J connectivity index is 2.07. The molecule has 0 radical (unpaired) electrons. The zero-order chi connectivity index (χ0) is 11.3. The van der Waals surface area contributed by atoms with Crippen molar-refractivity contribution in [2.75, 3.05) is 12.3 Å². The summed E-state index contributed by atoms with van der Waals surface area (Å²) in [6.07, 6.45) is 4.24. The molecule has 1 aromatic heterocycles. The monoisotopic (exact) mass is 226 g/mol. The van der Waals surface area contributed by atoms with Gasteiger partial charge in [0.05, 0.1) is 0 Å². The molecule has 1 N–H and O–H groups in total. The first-order valence-electron chi connectivity index (χ1n) is 5.43. The van der Waals surface area contributed by atoms with E-state index in [0.29, 0.717) is 4.75 Å². The van der Waals surface area contributed by atoms with E-state index in [1.165, 1.54) is 11.3 Å². The first-order chi connectivity index (χ1) is 6.97. The van der Waals surface area contributed by atoms with E-state index >= 15 is 0 Å². The fourth-order valence-electron chi connectivity index (χ4n) is 1.33. The maximum Gasteiger partial charge on any atom is 0.0220 e. The number of hydrogen-bond donors (Lipinski definition) is 1. The van der Waals surface area contributed by atoms with Gasteiger partial charge in [0.15, 0.2) is 0 Å². The largest absolute Gasteiger partial charge is 0.357 e. The average molecular weight is 226 g/mol. The molecule has 0 atom stereocenters. The number of thioether (sulfide) groups is 1. The van der Waals surface area contributed by atoms with Crippen LogP contribution in [-0.2, 0) is 13.6 Å². The Labute approximate surface area is 97.4 Å². The lowest BCUT2D eigenvalue weighted by Crippen LogP contribution is -2.19. The molecule has 0 aromatic carbocycles. The van der Waals surface area contributed by atoms with E-state index < -0.39 is 0 Å². The highest BCUT2D eigenvalue weighted by Crippen LogP contribution is 2.21. The number of hydrogen-bond acceptors (Lipinski definition) is 2. The van der Waals surface area contributed by atoms with E-state index in [-0.39, 0.29) is 0 Å². The van der Waals surface area contributed by atoms with E-state index in [1.54, 1.807) is 0 Å². The standard InChI is InChI=1S/C12H22N2S/c1-12(2,3)15-8-6-13-9-11-5-7-14(4)10-11/h5,7,10,13H,6,8-9H2,1-4H3. The van der Waals surface area contributed by atoms with Crippen LogP contribution >= 0.6 is 11.8 Å². The Hall–Kier alpha value is -0.410. The third-order valence-electron chi connectivity index (χ3n) is 2.04. The lowest BCUT2D eigenvalue weighted by molar-refractivity contribution is 0.724. The summed E-state index contributed by atoms with van der Waals surface area (Å²) >= 11 is 2.01. The predicted octanol–water partition coefficient (Wildman–Crippen LogP) is 2.65. The molecule has 0 fully saturated rings. The molecule has 1 heterocycles. The average Bonchev–Trinajstić information content (AvgIpc) is 2.49. The van der Waals surface area contributed by atoms with Crippen molar-refractivity contribution in [2.24, 2.45) is 7.05 Å². The molecule has 15 heavy (non-hydrogen) atoms. The van der Waals surface area contributed by atoms with Gasteiger partial charge in [-0.1, -0.05) is 20.8 Å². The molecule has 0 saturated carbocycles. The van der Waals surface area contributed by atoms with Crippen LogP contribution in [0.15, 0.2) is 18.5 Å². The van der Waals surface area contributed by atoms with Gasteiger partial charge in [0.1, 0.15) is 0 Å². The Morgan fingerprint density at radius 1 is 1.40 bits per heavy atom. The van der Waals surface area contributed by atoms with Gasteiger partial charge in [-0.15, -0.1) is 0 Å². The molecule has 1 aromatic rings. The Morgan fingerprint density at radius 3 is 2.67 bits per heavy atom. The molecular formula is C12H22N2S. The predicted molar refractivity (Wildman–Crippen MR) is 69.3 cm³/mol. The van der Waals surface area contributed by atoms with E-state index in [9.17, 15) is 0 Å². The molecule has 3 heteroatoms. The van der Waals surface area contributed by atoms with Crippen molar-refractivity contribution in [3.63, 3.8) is 0 Å². The number of aromatic nitrogens is 1. The summed E-state index contributed by atoms with van der Waals surface area (Å²) < 4.78 is 2.47. The minimum Gasteiger partial charge on any atom is -0.357 e. The number of nitrogens with one attached hydrogen (secondary N) is 1. The van der Waals surface area contributed by atoms with Gasteiger partial charge in [0.2, 0.25) is 0 Å². The third-order valence-corrected chi connectivity index (χ3v) is 3.31. The summed E-state index contributed by atoms with van der Waals surface area (Å²) in [6.45, 7) is 8.83. The second-order valence-corrected chi connectivity index (χ2v) is 6.74. The normalized spacial score (nSPS) is 12.0. The third kappa shape index (κ3) is 5.90. The van der Waals surface area contributed by atoms with E-state index in [0.717, 1.165) is 13.1 Å². The SMILES string of the molecule is Cn1ccc(CNCCSC(C)(C)C)c1. The first kappa shape index (κ1) is 12.7. The summed E-state index contributed by atoms with van der Waals surface area (Å²) in [5.41, 5.74) is 1.36. The fraction of sp³-hybridized carbons (Fsp3) is 0.667. The van der Waals surface area contributed by atoms with Crippen molar-refractivity contribution in [3.05, 3.63) is 24.0 Å². The highest BCUT2D eigenvalue weighted by molar-refractivity contribution is 8.00. The van der Waals surface area contributed by atoms with Gasteiger partial charge >= 0.3 is 0 Å². The minimum absolute atomic E-state index is 0.383. The molecule has 0 aliphatic heterocycles.